The minimum atomic E-state index is -1.12. The number of fused-ring (bicyclic) bond motifs is 6. The molecule has 7 heteroatoms. The lowest BCUT2D eigenvalue weighted by molar-refractivity contribution is -0.174. The maximum absolute atomic E-state index is 10.9. The van der Waals surface area contributed by atoms with Gasteiger partial charge in [0.15, 0.2) is 29.3 Å². The third kappa shape index (κ3) is 2.47. The van der Waals surface area contributed by atoms with Crippen molar-refractivity contribution in [3.63, 3.8) is 0 Å². The fraction of sp³-hybridized carbons (Fsp3) is 0.429. The standard InChI is InChI=1S/C21H23NO6/c1-22-7-6-11-8-15-16(27-10-26-15)9-13(11)19-18(22)12-4-5-14(24-2)20(25-3)17(12)21(23)28-19/h4-5,8-9,18-19,21,23H,6-7,10H2,1-3H3/t18-,19+,21-/m1/s1. The summed E-state index contributed by atoms with van der Waals surface area (Å²) in [7, 11) is 5.23. The average Bonchev–Trinajstić information content (AvgIpc) is 3.12. The van der Waals surface area contributed by atoms with Crippen LogP contribution >= 0.6 is 0 Å². The Labute approximate surface area is 163 Å². The van der Waals surface area contributed by atoms with Crippen LogP contribution in [0, 0.1) is 0 Å². The third-order valence-electron chi connectivity index (χ3n) is 5.90. The van der Waals surface area contributed by atoms with Crippen LogP contribution in [0.4, 0.5) is 0 Å². The van der Waals surface area contributed by atoms with Gasteiger partial charge in [0, 0.05) is 6.54 Å². The number of methoxy groups -OCH3 is 2. The first kappa shape index (κ1) is 17.6. The van der Waals surface area contributed by atoms with E-state index in [0.717, 1.165) is 41.2 Å². The Hall–Kier alpha value is -2.48. The zero-order chi connectivity index (χ0) is 19.4. The Bertz CT molecular complexity index is 930. The van der Waals surface area contributed by atoms with E-state index in [1.54, 1.807) is 14.2 Å². The van der Waals surface area contributed by atoms with E-state index < -0.39 is 6.29 Å². The van der Waals surface area contributed by atoms with Crippen molar-refractivity contribution in [1.82, 2.24) is 4.90 Å². The highest BCUT2D eigenvalue weighted by Crippen LogP contribution is 2.53. The summed E-state index contributed by atoms with van der Waals surface area (Å²) in [5.41, 5.74) is 3.78. The first-order chi connectivity index (χ1) is 13.6. The molecular weight excluding hydrogens is 362 g/mol. The summed E-state index contributed by atoms with van der Waals surface area (Å²) >= 11 is 0. The molecule has 5 rings (SSSR count). The van der Waals surface area contributed by atoms with Crippen molar-refractivity contribution in [3.05, 3.63) is 46.5 Å². The highest BCUT2D eigenvalue weighted by Gasteiger charge is 2.43. The average molecular weight is 385 g/mol. The van der Waals surface area contributed by atoms with Gasteiger partial charge in [0.2, 0.25) is 6.79 Å². The van der Waals surface area contributed by atoms with Crippen molar-refractivity contribution in [3.8, 4) is 23.0 Å². The van der Waals surface area contributed by atoms with Gasteiger partial charge in [-0.1, -0.05) is 6.07 Å². The molecule has 0 saturated carbocycles. The lowest BCUT2D eigenvalue weighted by Gasteiger charge is -2.40. The van der Waals surface area contributed by atoms with Gasteiger partial charge in [-0.2, -0.15) is 0 Å². The Morgan fingerprint density at radius 1 is 1.07 bits per heavy atom. The van der Waals surface area contributed by atoms with Gasteiger partial charge in [0.05, 0.1) is 25.8 Å². The summed E-state index contributed by atoms with van der Waals surface area (Å²) in [5.74, 6) is 2.57. The fourth-order valence-electron chi connectivity index (χ4n) is 4.55. The van der Waals surface area contributed by atoms with Crippen LogP contribution in [-0.4, -0.2) is 44.6 Å². The van der Waals surface area contributed by atoms with Crippen molar-refractivity contribution in [1.29, 1.82) is 0 Å². The summed E-state index contributed by atoms with van der Waals surface area (Å²) in [6.07, 6.45) is -0.596. The van der Waals surface area contributed by atoms with E-state index >= 15 is 0 Å². The molecule has 0 spiro atoms. The monoisotopic (exact) mass is 385 g/mol. The molecule has 28 heavy (non-hydrogen) atoms. The molecular formula is C21H23NO6. The van der Waals surface area contributed by atoms with Crippen LogP contribution in [0.5, 0.6) is 23.0 Å². The van der Waals surface area contributed by atoms with Gasteiger partial charge in [-0.3, -0.25) is 4.90 Å². The lowest BCUT2D eigenvalue weighted by atomic mass is 9.87. The van der Waals surface area contributed by atoms with E-state index in [1.165, 1.54) is 0 Å². The van der Waals surface area contributed by atoms with Gasteiger partial charge in [0.1, 0.15) is 6.10 Å². The number of aliphatic hydroxyl groups is 1. The van der Waals surface area contributed by atoms with Gasteiger partial charge in [0.25, 0.3) is 0 Å². The third-order valence-corrected chi connectivity index (χ3v) is 5.90. The van der Waals surface area contributed by atoms with Crippen LogP contribution in [0.25, 0.3) is 0 Å². The van der Waals surface area contributed by atoms with Crippen LogP contribution in [0.2, 0.25) is 0 Å². The molecule has 0 aliphatic carbocycles. The van der Waals surface area contributed by atoms with Crippen LogP contribution in [0.1, 0.15) is 40.7 Å². The highest BCUT2D eigenvalue weighted by molar-refractivity contribution is 5.56. The van der Waals surface area contributed by atoms with Crippen LogP contribution in [0.15, 0.2) is 24.3 Å². The fourth-order valence-corrected chi connectivity index (χ4v) is 4.55. The smallest absolute Gasteiger partial charge is 0.231 e. The van der Waals surface area contributed by atoms with Gasteiger partial charge >= 0.3 is 0 Å². The molecule has 0 unspecified atom stereocenters. The van der Waals surface area contributed by atoms with Crippen molar-refractivity contribution in [2.75, 3.05) is 34.6 Å². The van der Waals surface area contributed by atoms with Gasteiger partial charge in [-0.15, -0.1) is 0 Å². The topological polar surface area (TPSA) is 69.6 Å². The number of hydrogen-bond acceptors (Lipinski definition) is 7. The summed E-state index contributed by atoms with van der Waals surface area (Å²) < 4.78 is 28.3. The number of aliphatic hydroxyl groups excluding tert-OH is 1. The molecule has 148 valence electrons. The molecule has 0 fully saturated rings. The number of likely N-dealkylation sites (N-methyl/N-ethyl adjacent to an activating group) is 1. The molecule has 3 heterocycles. The summed E-state index contributed by atoms with van der Waals surface area (Å²) in [6.45, 7) is 1.08. The van der Waals surface area contributed by atoms with Gasteiger partial charge < -0.3 is 28.8 Å². The highest BCUT2D eigenvalue weighted by atomic mass is 16.7. The lowest BCUT2D eigenvalue weighted by Crippen LogP contribution is -2.35. The maximum atomic E-state index is 10.9. The second kappa shape index (κ2) is 6.55. The number of rotatable bonds is 2. The second-order valence-corrected chi connectivity index (χ2v) is 7.29. The molecule has 3 aliphatic heterocycles. The predicted molar refractivity (Wildman–Crippen MR) is 100.0 cm³/mol. The normalized spacial score (nSPS) is 25.4. The first-order valence-corrected chi connectivity index (χ1v) is 9.33. The Kier molecular flexibility index (Phi) is 4.12. The Morgan fingerprint density at radius 3 is 2.61 bits per heavy atom. The molecule has 0 bridgehead atoms. The van der Waals surface area contributed by atoms with Crippen molar-refractivity contribution >= 4 is 0 Å². The minimum Gasteiger partial charge on any atom is -0.493 e. The van der Waals surface area contributed by atoms with E-state index in [1.807, 2.05) is 24.3 Å². The molecule has 0 radical (unpaired) electrons. The molecule has 0 aromatic heterocycles. The molecule has 0 amide bonds. The zero-order valence-electron chi connectivity index (χ0n) is 16.1. The molecule has 3 aliphatic rings. The van der Waals surface area contributed by atoms with Crippen molar-refractivity contribution in [2.24, 2.45) is 0 Å². The minimum absolute atomic E-state index is 0.0696. The van der Waals surface area contributed by atoms with E-state index in [0.29, 0.717) is 17.1 Å². The van der Waals surface area contributed by atoms with E-state index in [9.17, 15) is 5.11 Å². The van der Waals surface area contributed by atoms with Crippen LogP contribution < -0.4 is 18.9 Å². The van der Waals surface area contributed by atoms with Crippen LogP contribution in [-0.2, 0) is 11.2 Å². The Balaban J connectivity index is 1.68. The maximum Gasteiger partial charge on any atom is 0.231 e. The van der Waals surface area contributed by atoms with Crippen molar-refractivity contribution < 1.29 is 28.8 Å². The molecule has 7 nitrogen and oxygen atoms in total. The SMILES string of the molecule is COc1ccc2c(c1OC)[C@H](O)O[C@H]1c3cc4c(cc3CCN(C)[C@H]21)OCO4. The molecule has 0 saturated heterocycles. The number of nitrogens with zero attached hydrogens (tertiary/aromatic N) is 1. The first-order valence-electron chi connectivity index (χ1n) is 9.33. The molecule has 1 N–H and O–H groups in total. The Morgan fingerprint density at radius 2 is 1.86 bits per heavy atom. The summed E-state index contributed by atoms with van der Waals surface area (Å²) in [5, 5.41) is 10.9. The number of benzene rings is 2. The van der Waals surface area contributed by atoms with Gasteiger partial charge in [-0.05, 0) is 48.4 Å². The van der Waals surface area contributed by atoms with Crippen molar-refractivity contribution in [2.45, 2.75) is 24.9 Å². The van der Waals surface area contributed by atoms with E-state index in [4.69, 9.17) is 23.7 Å². The quantitative estimate of drug-likeness (QED) is 0.852. The molecule has 2 aromatic carbocycles. The van der Waals surface area contributed by atoms with E-state index in [-0.39, 0.29) is 18.9 Å². The van der Waals surface area contributed by atoms with Crippen LogP contribution in [0.3, 0.4) is 0 Å². The zero-order valence-corrected chi connectivity index (χ0v) is 16.1. The number of hydrogen-bond donors (Lipinski definition) is 1. The second-order valence-electron chi connectivity index (χ2n) is 7.29. The molecule has 3 atom stereocenters. The summed E-state index contributed by atoms with van der Waals surface area (Å²) in [4.78, 5) is 2.26. The predicted octanol–water partition coefficient (Wildman–Crippen LogP) is 2.72. The van der Waals surface area contributed by atoms with Gasteiger partial charge in [-0.25, -0.2) is 0 Å². The van der Waals surface area contributed by atoms with E-state index in [2.05, 4.69) is 11.9 Å². The number of ether oxygens (including phenoxy) is 5. The molecule has 2 aromatic rings. The summed E-state index contributed by atoms with van der Waals surface area (Å²) in [6, 6.07) is 7.83. The largest absolute Gasteiger partial charge is 0.493 e.